The van der Waals surface area contributed by atoms with Crippen LogP contribution in [0.3, 0.4) is 0 Å². The summed E-state index contributed by atoms with van der Waals surface area (Å²) < 4.78 is 12.3. The van der Waals surface area contributed by atoms with Gasteiger partial charge >= 0.3 is 0 Å². The molecule has 4 fully saturated rings. The lowest BCUT2D eigenvalue weighted by Crippen LogP contribution is -2.57. The van der Waals surface area contributed by atoms with Gasteiger partial charge in [0.15, 0.2) is 0 Å². The Morgan fingerprint density at radius 2 is 1.82 bits per heavy atom. The Kier molecular flexibility index (Phi) is 9.52. The Bertz CT molecular complexity index is 939. The smallest absolute Gasteiger partial charge is 0.248 e. The number of ether oxygens (including phenoxy) is 2. The monoisotopic (exact) mass is 546 g/mol. The molecular weight excluding hydrogens is 500 g/mol. The number of morpholine rings is 1. The van der Waals surface area contributed by atoms with Crippen LogP contribution >= 0.6 is 0 Å². The lowest BCUT2D eigenvalue weighted by atomic mass is 9.64. The largest absolute Gasteiger partial charge is 0.396 e. The molecule has 4 rings (SSSR count). The molecule has 10 nitrogen and oxygen atoms in total. The van der Waals surface area contributed by atoms with E-state index in [1.54, 1.807) is 33.9 Å². The average molecular weight is 547 g/mol. The molecular formula is C29H46N4O6. The minimum atomic E-state index is -1.04. The maximum Gasteiger partial charge on any atom is 0.248 e. The highest BCUT2D eigenvalue weighted by molar-refractivity contribution is 5.99. The number of unbranched alkanes of at least 4 members (excludes halogenated alkanes) is 1. The average Bonchev–Trinajstić information content (AvgIpc) is 3.55. The van der Waals surface area contributed by atoms with E-state index in [1.807, 2.05) is 6.92 Å². The standard InChI is InChI=1S/C29H46N4O6/c1-5-12-30(4)25(35)22-23-26(36)33(14-8-9-19-34)24(29(23)11-10-28(22,7-3)39-29)27(37)32(13-6-2)16-15-31-17-20-38-21-18-31/h5-6,22-24,34H,1-2,7-21H2,3-4H3/t22-,23-,24?,28+,29?/m0/s1. The third-order valence-electron chi connectivity index (χ3n) is 9.22. The molecule has 1 spiro atoms. The molecule has 0 aromatic rings. The van der Waals surface area contributed by atoms with Crippen molar-refractivity contribution in [3.8, 4) is 0 Å². The lowest BCUT2D eigenvalue weighted by molar-refractivity contribution is -0.154. The third kappa shape index (κ3) is 5.28. The Balaban J connectivity index is 1.68. The number of hydrogen-bond acceptors (Lipinski definition) is 7. The van der Waals surface area contributed by atoms with Crippen LogP contribution in [0.25, 0.3) is 0 Å². The second-order valence-electron chi connectivity index (χ2n) is 11.3. The molecule has 0 aromatic heterocycles. The maximum atomic E-state index is 14.4. The number of likely N-dealkylation sites (tertiary alicyclic amines) is 1. The predicted molar refractivity (Wildman–Crippen MR) is 147 cm³/mol. The van der Waals surface area contributed by atoms with Gasteiger partial charge in [-0.3, -0.25) is 19.3 Å². The summed E-state index contributed by atoms with van der Waals surface area (Å²) in [6.45, 7) is 14.9. The van der Waals surface area contributed by atoms with Crippen LogP contribution in [0.5, 0.6) is 0 Å². The molecule has 39 heavy (non-hydrogen) atoms. The van der Waals surface area contributed by atoms with Crippen LogP contribution in [0.4, 0.5) is 0 Å². The summed E-state index contributed by atoms with van der Waals surface area (Å²) in [5.74, 6) is -1.82. The molecule has 218 valence electrons. The molecule has 4 aliphatic rings. The zero-order valence-corrected chi connectivity index (χ0v) is 23.7. The van der Waals surface area contributed by atoms with Gasteiger partial charge in [0.2, 0.25) is 17.7 Å². The Labute approximate surface area is 232 Å². The van der Waals surface area contributed by atoms with Gasteiger partial charge < -0.3 is 29.3 Å². The number of hydrogen-bond donors (Lipinski definition) is 1. The molecule has 0 saturated carbocycles. The quantitative estimate of drug-likeness (QED) is 0.255. The topological polar surface area (TPSA) is 103 Å². The first-order valence-corrected chi connectivity index (χ1v) is 14.5. The normalized spacial score (nSPS) is 31.8. The number of carbonyl (C=O) groups excluding carboxylic acids is 3. The van der Waals surface area contributed by atoms with Gasteiger partial charge in [-0.1, -0.05) is 19.1 Å². The van der Waals surface area contributed by atoms with E-state index in [2.05, 4.69) is 18.1 Å². The van der Waals surface area contributed by atoms with Crippen molar-refractivity contribution in [2.24, 2.45) is 11.8 Å². The molecule has 2 unspecified atom stereocenters. The first-order valence-electron chi connectivity index (χ1n) is 14.5. The molecule has 10 heteroatoms. The van der Waals surface area contributed by atoms with Gasteiger partial charge in [-0.2, -0.15) is 0 Å². The fourth-order valence-corrected chi connectivity index (χ4v) is 7.24. The number of likely N-dealkylation sites (N-methyl/N-ethyl adjacent to an activating group) is 1. The van der Waals surface area contributed by atoms with Crippen molar-refractivity contribution in [2.45, 2.75) is 56.3 Å². The molecule has 2 bridgehead atoms. The summed E-state index contributed by atoms with van der Waals surface area (Å²) >= 11 is 0. The highest BCUT2D eigenvalue weighted by atomic mass is 16.5. The number of aliphatic hydroxyl groups excluding tert-OH is 1. The minimum absolute atomic E-state index is 0.0141. The number of fused-ring (bicyclic) bond motifs is 1. The van der Waals surface area contributed by atoms with E-state index in [4.69, 9.17) is 9.47 Å². The zero-order chi connectivity index (χ0) is 28.2. The number of carbonyl (C=O) groups is 3. The number of aliphatic hydroxyl groups is 1. The summed E-state index contributed by atoms with van der Waals surface area (Å²) in [7, 11) is 1.73. The van der Waals surface area contributed by atoms with Crippen molar-refractivity contribution in [1.29, 1.82) is 0 Å². The van der Waals surface area contributed by atoms with Crippen molar-refractivity contribution >= 4 is 17.7 Å². The molecule has 4 heterocycles. The van der Waals surface area contributed by atoms with Crippen LogP contribution in [-0.4, -0.2) is 132 Å². The van der Waals surface area contributed by atoms with E-state index in [0.29, 0.717) is 78.0 Å². The highest BCUT2D eigenvalue weighted by Crippen LogP contribution is 2.64. The van der Waals surface area contributed by atoms with E-state index < -0.39 is 29.1 Å². The minimum Gasteiger partial charge on any atom is -0.396 e. The van der Waals surface area contributed by atoms with Crippen LogP contribution < -0.4 is 0 Å². The van der Waals surface area contributed by atoms with Crippen LogP contribution in [0.2, 0.25) is 0 Å². The molecule has 0 radical (unpaired) electrons. The van der Waals surface area contributed by atoms with Crippen molar-refractivity contribution < 1.29 is 29.0 Å². The second-order valence-corrected chi connectivity index (χ2v) is 11.3. The van der Waals surface area contributed by atoms with Gasteiger partial charge in [-0.25, -0.2) is 0 Å². The predicted octanol–water partition coefficient (Wildman–Crippen LogP) is 0.905. The van der Waals surface area contributed by atoms with Crippen LogP contribution in [0.1, 0.15) is 39.0 Å². The zero-order valence-electron chi connectivity index (χ0n) is 23.7. The molecule has 4 saturated heterocycles. The SMILES string of the molecule is C=CCN(C)C(=O)[C@@H]1[C@H]2C(=O)N(CCCCO)C(C(=O)N(CC=C)CCN3CCOCC3)C23CC[C@@]1(CC)O3. The van der Waals surface area contributed by atoms with E-state index in [9.17, 15) is 19.5 Å². The van der Waals surface area contributed by atoms with Gasteiger partial charge in [0.1, 0.15) is 11.6 Å². The van der Waals surface area contributed by atoms with Gasteiger partial charge in [-0.05, 0) is 32.1 Å². The van der Waals surface area contributed by atoms with E-state index in [0.717, 1.165) is 13.1 Å². The summed E-state index contributed by atoms with van der Waals surface area (Å²) in [6, 6.07) is -0.811. The molecule has 4 aliphatic heterocycles. The maximum absolute atomic E-state index is 14.4. The first kappa shape index (κ1) is 29.7. The van der Waals surface area contributed by atoms with Gasteiger partial charge in [0.25, 0.3) is 0 Å². The van der Waals surface area contributed by atoms with Gasteiger partial charge in [0, 0.05) is 59.5 Å². The fourth-order valence-electron chi connectivity index (χ4n) is 7.24. The molecule has 0 aromatic carbocycles. The fraction of sp³-hybridized carbons (Fsp3) is 0.759. The Hall–Kier alpha value is -2.27. The molecule has 0 aliphatic carbocycles. The Morgan fingerprint density at radius 3 is 2.46 bits per heavy atom. The molecule has 3 amide bonds. The summed E-state index contributed by atoms with van der Waals surface area (Å²) in [5, 5.41) is 9.40. The molecule has 1 N–H and O–H groups in total. The summed E-state index contributed by atoms with van der Waals surface area (Å²) in [4.78, 5) is 49.8. The van der Waals surface area contributed by atoms with Crippen LogP contribution in [-0.2, 0) is 23.9 Å². The van der Waals surface area contributed by atoms with Crippen molar-refractivity contribution in [2.75, 3.05) is 72.7 Å². The van der Waals surface area contributed by atoms with Crippen molar-refractivity contribution in [3.05, 3.63) is 25.3 Å². The summed E-state index contributed by atoms with van der Waals surface area (Å²) in [5.41, 5.74) is -1.81. The van der Waals surface area contributed by atoms with E-state index in [-0.39, 0.29) is 24.3 Å². The second kappa shape index (κ2) is 12.5. The van der Waals surface area contributed by atoms with E-state index >= 15 is 0 Å². The van der Waals surface area contributed by atoms with Gasteiger partial charge in [0.05, 0.1) is 30.7 Å². The van der Waals surface area contributed by atoms with Crippen molar-refractivity contribution in [1.82, 2.24) is 19.6 Å². The Morgan fingerprint density at radius 1 is 1.10 bits per heavy atom. The van der Waals surface area contributed by atoms with Crippen molar-refractivity contribution in [3.63, 3.8) is 0 Å². The van der Waals surface area contributed by atoms with E-state index in [1.165, 1.54) is 0 Å². The number of rotatable bonds is 14. The lowest BCUT2D eigenvalue weighted by Gasteiger charge is -2.37. The molecule has 5 atom stereocenters. The highest BCUT2D eigenvalue weighted by Gasteiger charge is 2.78. The van der Waals surface area contributed by atoms with Crippen LogP contribution in [0, 0.1) is 11.8 Å². The third-order valence-corrected chi connectivity index (χ3v) is 9.22. The summed E-state index contributed by atoms with van der Waals surface area (Å²) in [6.07, 6.45) is 6.27. The first-order chi connectivity index (χ1) is 18.8. The number of nitrogens with zero attached hydrogens (tertiary/aromatic N) is 4. The number of amides is 3. The van der Waals surface area contributed by atoms with Crippen LogP contribution in [0.15, 0.2) is 25.3 Å². The van der Waals surface area contributed by atoms with Gasteiger partial charge in [-0.15, -0.1) is 13.2 Å².